The highest BCUT2D eigenvalue weighted by Gasteiger charge is 2.27. The maximum absolute atomic E-state index is 10.6. The van der Waals surface area contributed by atoms with Gasteiger partial charge in [-0.05, 0) is 68.5 Å². The predicted molar refractivity (Wildman–Crippen MR) is 121 cm³/mol. The molecule has 1 aliphatic rings. The fraction of sp³-hybridized carbons (Fsp3) is 0.360. The zero-order valence-corrected chi connectivity index (χ0v) is 18.2. The van der Waals surface area contributed by atoms with Crippen LogP contribution in [0.15, 0.2) is 66.7 Å². The SMILES string of the molecule is CC(C(O)c1ccc(O)cc1)N1CCC(Cc2ccccc2)CC1.O=C(O)/C=C/C(=O)O. The summed E-state index contributed by atoms with van der Waals surface area (Å²) >= 11 is 0. The van der Waals surface area contributed by atoms with Crippen LogP contribution in [0.1, 0.15) is 37.0 Å². The molecule has 0 radical (unpaired) electrons. The van der Waals surface area contributed by atoms with Crippen molar-refractivity contribution >= 4 is 11.9 Å². The average Bonchev–Trinajstić information content (AvgIpc) is 2.79. The molecule has 2 unspecified atom stereocenters. The van der Waals surface area contributed by atoms with Crippen LogP contribution in [-0.2, 0) is 16.0 Å². The fourth-order valence-corrected chi connectivity index (χ4v) is 3.80. The number of benzene rings is 2. The van der Waals surface area contributed by atoms with Crippen LogP contribution in [0.2, 0.25) is 0 Å². The number of aliphatic carboxylic acids is 2. The largest absolute Gasteiger partial charge is 0.508 e. The van der Waals surface area contributed by atoms with Crippen LogP contribution in [0.5, 0.6) is 5.75 Å². The number of likely N-dealkylation sites (tertiary alicyclic amines) is 1. The summed E-state index contributed by atoms with van der Waals surface area (Å²) in [6.07, 6.45) is 4.12. The Kier molecular flexibility index (Phi) is 9.91. The Morgan fingerprint density at radius 2 is 1.50 bits per heavy atom. The van der Waals surface area contributed by atoms with E-state index in [-0.39, 0.29) is 11.8 Å². The molecule has 0 spiro atoms. The highest BCUT2D eigenvalue weighted by atomic mass is 16.4. The molecule has 0 amide bonds. The Morgan fingerprint density at radius 3 is 2.00 bits per heavy atom. The van der Waals surface area contributed by atoms with Gasteiger partial charge in [-0.2, -0.15) is 0 Å². The smallest absolute Gasteiger partial charge is 0.328 e. The van der Waals surface area contributed by atoms with Crippen LogP contribution >= 0.6 is 0 Å². The molecule has 1 aliphatic heterocycles. The number of piperidine rings is 1. The molecule has 1 saturated heterocycles. The van der Waals surface area contributed by atoms with Crippen LogP contribution in [0.25, 0.3) is 0 Å². The minimum absolute atomic E-state index is 0.0900. The lowest BCUT2D eigenvalue weighted by Gasteiger charge is -2.38. The third-order valence-electron chi connectivity index (χ3n) is 5.65. The van der Waals surface area contributed by atoms with Gasteiger partial charge in [0.05, 0.1) is 6.10 Å². The minimum Gasteiger partial charge on any atom is -0.508 e. The van der Waals surface area contributed by atoms with Crippen molar-refractivity contribution in [2.24, 2.45) is 5.92 Å². The Morgan fingerprint density at radius 1 is 0.969 bits per heavy atom. The van der Waals surface area contributed by atoms with Crippen LogP contribution in [-0.4, -0.2) is 56.4 Å². The molecule has 1 fully saturated rings. The highest BCUT2D eigenvalue weighted by Crippen LogP contribution is 2.28. The molecule has 7 heteroatoms. The van der Waals surface area contributed by atoms with Crippen LogP contribution < -0.4 is 0 Å². The number of carboxylic acid groups (broad SMARTS) is 2. The first-order valence-corrected chi connectivity index (χ1v) is 10.6. The molecule has 7 nitrogen and oxygen atoms in total. The number of aliphatic hydroxyl groups is 1. The molecule has 32 heavy (non-hydrogen) atoms. The van der Waals surface area contributed by atoms with Crippen molar-refractivity contribution in [3.63, 3.8) is 0 Å². The minimum atomic E-state index is -1.26. The van der Waals surface area contributed by atoms with Gasteiger partial charge in [-0.15, -0.1) is 0 Å². The van der Waals surface area contributed by atoms with Crippen molar-refractivity contribution in [3.8, 4) is 5.75 Å². The highest BCUT2D eigenvalue weighted by molar-refractivity contribution is 5.89. The molecule has 0 saturated carbocycles. The van der Waals surface area contributed by atoms with Gasteiger partial charge < -0.3 is 20.4 Å². The first kappa shape index (κ1) is 25.1. The number of hydrogen-bond acceptors (Lipinski definition) is 5. The summed E-state index contributed by atoms with van der Waals surface area (Å²) in [4.78, 5) is 21.5. The normalized spacial score (nSPS) is 16.7. The Labute approximate surface area is 188 Å². The van der Waals surface area contributed by atoms with Crippen molar-refractivity contribution in [1.29, 1.82) is 0 Å². The summed E-state index contributed by atoms with van der Waals surface area (Å²) in [5.41, 5.74) is 2.29. The summed E-state index contributed by atoms with van der Waals surface area (Å²) in [6.45, 7) is 4.16. The molecule has 4 N–H and O–H groups in total. The number of nitrogens with zero attached hydrogens (tertiary/aromatic N) is 1. The van der Waals surface area contributed by atoms with Gasteiger partial charge >= 0.3 is 11.9 Å². The summed E-state index contributed by atoms with van der Waals surface area (Å²) in [5, 5.41) is 35.6. The lowest BCUT2D eigenvalue weighted by Crippen LogP contribution is -2.43. The summed E-state index contributed by atoms with van der Waals surface area (Å²) in [5.74, 6) is -1.54. The number of phenols is 1. The maximum Gasteiger partial charge on any atom is 0.328 e. The third-order valence-corrected chi connectivity index (χ3v) is 5.65. The van der Waals surface area contributed by atoms with E-state index in [4.69, 9.17) is 10.2 Å². The molecule has 0 aromatic heterocycles. The van der Waals surface area contributed by atoms with E-state index in [9.17, 15) is 19.8 Å². The van der Waals surface area contributed by atoms with Gasteiger partial charge in [-0.1, -0.05) is 42.5 Å². The summed E-state index contributed by atoms with van der Waals surface area (Å²) in [7, 11) is 0. The maximum atomic E-state index is 10.6. The first-order valence-electron chi connectivity index (χ1n) is 10.6. The number of carbonyl (C=O) groups is 2. The zero-order valence-electron chi connectivity index (χ0n) is 18.2. The number of carboxylic acids is 2. The number of aliphatic hydroxyl groups excluding tert-OH is 1. The van der Waals surface area contributed by atoms with Crippen molar-refractivity contribution in [2.75, 3.05) is 13.1 Å². The van der Waals surface area contributed by atoms with E-state index in [1.54, 1.807) is 24.3 Å². The van der Waals surface area contributed by atoms with Gasteiger partial charge in [-0.3, -0.25) is 4.90 Å². The third kappa shape index (κ3) is 8.53. The second kappa shape index (κ2) is 12.6. The lowest BCUT2D eigenvalue weighted by atomic mass is 9.89. The molecule has 2 atom stereocenters. The number of hydrogen-bond donors (Lipinski definition) is 4. The van der Waals surface area contributed by atoms with E-state index in [2.05, 4.69) is 42.2 Å². The number of aromatic hydroxyl groups is 1. The molecule has 0 aliphatic carbocycles. The van der Waals surface area contributed by atoms with Gasteiger partial charge in [-0.25, -0.2) is 9.59 Å². The molecule has 2 aromatic rings. The van der Waals surface area contributed by atoms with Gasteiger partial charge in [0.25, 0.3) is 0 Å². The molecular weight excluding hydrogens is 410 g/mol. The topological polar surface area (TPSA) is 118 Å². The van der Waals surface area contributed by atoms with Crippen LogP contribution in [0.4, 0.5) is 0 Å². The quantitative estimate of drug-likeness (QED) is 0.486. The van der Waals surface area contributed by atoms with Crippen molar-refractivity contribution in [2.45, 2.75) is 38.3 Å². The number of phenolic OH excluding ortho intramolecular Hbond substituents is 1. The summed E-state index contributed by atoms with van der Waals surface area (Å²) < 4.78 is 0. The van der Waals surface area contributed by atoms with Gasteiger partial charge in [0, 0.05) is 18.2 Å². The Hall–Kier alpha value is -3.16. The van der Waals surface area contributed by atoms with Gasteiger partial charge in [0.2, 0.25) is 0 Å². The van der Waals surface area contributed by atoms with Crippen LogP contribution in [0, 0.1) is 5.92 Å². The molecule has 1 heterocycles. The molecule has 3 rings (SSSR count). The average molecular weight is 442 g/mol. The summed E-state index contributed by atoms with van der Waals surface area (Å²) in [6, 6.07) is 17.7. The van der Waals surface area contributed by atoms with E-state index < -0.39 is 18.0 Å². The van der Waals surface area contributed by atoms with Gasteiger partial charge in [0.15, 0.2) is 0 Å². The lowest BCUT2D eigenvalue weighted by molar-refractivity contribution is -0.134. The monoisotopic (exact) mass is 441 g/mol. The van der Waals surface area contributed by atoms with Crippen LogP contribution in [0.3, 0.4) is 0 Å². The molecule has 2 aromatic carbocycles. The Bertz CT molecular complexity index is 857. The molecular formula is C25H31NO6. The van der Waals surface area contributed by atoms with E-state index in [1.165, 1.54) is 18.4 Å². The molecule has 172 valence electrons. The van der Waals surface area contributed by atoms with E-state index in [0.717, 1.165) is 31.0 Å². The van der Waals surface area contributed by atoms with Crippen molar-refractivity contribution in [1.82, 2.24) is 4.90 Å². The van der Waals surface area contributed by atoms with E-state index in [0.29, 0.717) is 12.2 Å². The standard InChI is InChI=1S/C21H27NO2.C4H4O4/c1-16(21(24)19-7-9-20(23)10-8-19)22-13-11-18(12-14-22)15-17-5-3-2-4-6-17;5-3(6)1-2-4(7)8/h2-10,16,18,21,23-24H,11-15H2,1H3;1-2H,(H,5,6)(H,7,8)/b;2-1+. The van der Waals surface area contributed by atoms with Crippen molar-refractivity contribution < 1.29 is 30.0 Å². The first-order chi connectivity index (χ1) is 15.3. The fourth-order valence-electron chi connectivity index (χ4n) is 3.80. The second-order valence-corrected chi connectivity index (χ2v) is 7.96. The van der Waals surface area contributed by atoms with E-state index >= 15 is 0 Å². The number of rotatable bonds is 7. The van der Waals surface area contributed by atoms with Crippen molar-refractivity contribution in [3.05, 3.63) is 77.9 Å². The van der Waals surface area contributed by atoms with Gasteiger partial charge in [0.1, 0.15) is 5.75 Å². The zero-order chi connectivity index (χ0) is 23.5. The Balaban J connectivity index is 0.000000390. The second-order valence-electron chi connectivity index (χ2n) is 7.96. The predicted octanol–water partition coefficient (Wildman–Crippen LogP) is 3.48. The molecule has 0 bridgehead atoms. The van der Waals surface area contributed by atoms with E-state index in [1.807, 2.05) is 0 Å².